The molecule has 0 atom stereocenters. The average molecular weight is 285 g/mol. The Labute approximate surface area is 124 Å². The predicted molar refractivity (Wildman–Crippen MR) is 79.5 cm³/mol. The molecule has 1 aromatic carbocycles. The van der Waals surface area contributed by atoms with Gasteiger partial charge < -0.3 is 5.73 Å². The van der Waals surface area contributed by atoms with Crippen LogP contribution in [0.25, 0.3) is 0 Å². The van der Waals surface area contributed by atoms with E-state index < -0.39 is 0 Å². The van der Waals surface area contributed by atoms with Gasteiger partial charge in [-0.3, -0.25) is 14.5 Å². The highest BCUT2D eigenvalue weighted by molar-refractivity contribution is 6.21. The lowest BCUT2D eigenvalue weighted by atomic mass is 9.89. The first kappa shape index (κ1) is 15.0. The van der Waals surface area contributed by atoms with Crippen LogP contribution in [0.1, 0.15) is 53.8 Å². The number of nitrogen functional groups attached to an aromatic ring is 1. The molecule has 0 unspecified atom stereocenters. The summed E-state index contributed by atoms with van der Waals surface area (Å²) in [4.78, 5) is 25.6. The number of carbonyl (C=O) groups is 2. The van der Waals surface area contributed by atoms with Gasteiger partial charge in [-0.2, -0.15) is 5.26 Å². The van der Waals surface area contributed by atoms with Gasteiger partial charge in [-0.25, -0.2) is 0 Å². The number of nitrogens with zero attached hydrogens (tertiary/aromatic N) is 2. The minimum Gasteiger partial charge on any atom is -0.399 e. The maximum atomic E-state index is 12.2. The summed E-state index contributed by atoms with van der Waals surface area (Å²) >= 11 is 0. The summed E-state index contributed by atoms with van der Waals surface area (Å²) < 4.78 is 0. The Morgan fingerprint density at radius 1 is 1.19 bits per heavy atom. The molecular formula is C16H19N3O2. The summed E-state index contributed by atoms with van der Waals surface area (Å²) in [5.74, 6) is -0.531. The van der Waals surface area contributed by atoms with Crippen LogP contribution in [0.15, 0.2) is 18.2 Å². The van der Waals surface area contributed by atoms with Crippen LogP contribution >= 0.6 is 0 Å². The molecule has 0 aliphatic carbocycles. The van der Waals surface area contributed by atoms with Crippen molar-refractivity contribution in [3.05, 3.63) is 29.3 Å². The van der Waals surface area contributed by atoms with Crippen molar-refractivity contribution in [1.82, 2.24) is 4.90 Å². The van der Waals surface area contributed by atoms with Crippen molar-refractivity contribution in [2.75, 3.05) is 12.3 Å². The molecule has 110 valence electrons. The Bertz CT molecular complexity index is 629. The van der Waals surface area contributed by atoms with Gasteiger partial charge in [0.1, 0.15) is 0 Å². The van der Waals surface area contributed by atoms with E-state index in [0.717, 1.165) is 12.8 Å². The van der Waals surface area contributed by atoms with Crippen LogP contribution in [0.5, 0.6) is 0 Å². The summed E-state index contributed by atoms with van der Waals surface area (Å²) in [6.45, 7) is 4.16. The lowest BCUT2D eigenvalue weighted by molar-refractivity contribution is 0.0651. The van der Waals surface area contributed by atoms with Gasteiger partial charge in [0.15, 0.2) is 0 Å². The Balaban J connectivity index is 1.97. The summed E-state index contributed by atoms with van der Waals surface area (Å²) in [6.07, 6.45) is 2.25. The van der Waals surface area contributed by atoms with E-state index in [1.165, 1.54) is 4.90 Å². The zero-order chi connectivity index (χ0) is 15.6. The van der Waals surface area contributed by atoms with Crippen molar-refractivity contribution >= 4 is 17.5 Å². The first-order valence-corrected chi connectivity index (χ1v) is 7.03. The molecule has 2 rings (SSSR count). The number of imide groups is 1. The maximum Gasteiger partial charge on any atom is 0.261 e. The van der Waals surface area contributed by atoms with Crippen molar-refractivity contribution in [3.8, 4) is 6.07 Å². The second-order valence-electron chi connectivity index (χ2n) is 6.02. The number of hydrogen-bond donors (Lipinski definition) is 1. The van der Waals surface area contributed by atoms with Crippen molar-refractivity contribution in [3.63, 3.8) is 0 Å². The number of nitrogens with two attached hydrogens (primary N) is 1. The minimum atomic E-state index is -0.365. The topological polar surface area (TPSA) is 87.2 Å². The highest BCUT2D eigenvalue weighted by Crippen LogP contribution is 2.26. The van der Waals surface area contributed by atoms with Crippen molar-refractivity contribution < 1.29 is 9.59 Å². The summed E-state index contributed by atoms with van der Waals surface area (Å²) in [6, 6.07) is 7.03. The van der Waals surface area contributed by atoms with Gasteiger partial charge >= 0.3 is 0 Å². The van der Waals surface area contributed by atoms with Gasteiger partial charge in [0.2, 0.25) is 0 Å². The summed E-state index contributed by atoms with van der Waals surface area (Å²) in [5, 5.41) is 8.95. The Hall–Kier alpha value is -2.35. The quantitative estimate of drug-likeness (QED) is 0.511. The lowest BCUT2D eigenvalue weighted by Crippen LogP contribution is -2.30. The number of unbranched alkanes of at least 4 members (excludes halogenated alkanes) is 1. The number of carbonyl (C=O) groups excluding carboxylic acids is 2. The Kier molecular flexibility index (Phi) is 3.99. The summed E-state index contributed by atoms with van der Waals surface area (Å²) in [7, 11) is 0. The smallest absolute Gasteiger partial charge is 0.261 e. The fraction of sp³-hybridized carbons (Fsp3) is 0.438. The number of hydrogen-bond acceptors (Lipinski definition) is 4. The number of anilines is 1. The third-order valence-electron chi connectivity index (χ3n) is 3.73. The zero-order valence-corrected chi connectivity index (χ0v) is 12.3. The second kappa shape index (κ2) is 5.57. The molecule has 0 spiro atoms. The van der Waals surface area contributed by atoms with Crippen LogP contribution in [0.4, 0.5) is 5.69 Å². The minimum absolute atomic E-state index is 0.255. The molecule has 0 saturated carbocycles. The van der Waals surface area contributed by atoms with Crippen LogP contribution < -0.4 is 5.73 Å². The Morgan fingerprint density at radius 3 is 2.52 bits per heavy atom. The van der Waals surface area contributed by atoms with E-state index in [1.807, 2.05) is 13.8 Å². The number of benzene rings is 1. The molecule has 2 N–H and O–H groups in total. The van der Waals surface area contributed by atoms with Crippen LogP contribution in [0.2, 0.25) is 0 Å². The van der Waals surface area contributed by atoms with Gasteiger partial charge in [-0.15, -0.1) is 0 Å². The molecule has 1 heterocycles. The van der Waals surface area contributed by atoms with Crippen molar-refractivity contribution in [2.45, 2.75) is 33.1 Å². The number of amides is 2. The van der Waals surface area contributed by atoms with Gasteiger partial charge in [-0.1, -0.05) is 6.42 Å². The first-order valence-electron chi connectivity index (χ1n) is 7.03. The normalized spacial score (nSPS) is 14.2. The largest absolute Gasteiger partial charge is 0.399 e. The Morgan fingerprint density at radius 2 is 1.86 bits per heavy atom. The fourth-order valence-electron chi connectivity index (χ4n) is 2.40. The molecule has 21 heavy (non-hydrogen) atoms. The van der Waals surface area contributed by atoms with E-state index in [4.69, 9.17) is 11.0 Å². The molecule has 0 aromatic heterocycles. The number of rotatable bonds is 5. The second-order valence-corrected chi connectivity index (χ2v) is 6.02. The molecule has 0 saturated heterocycles. The van der Waals surface area contributed by atoms with E-state index in [2.05, 4.69) is 6.07 Å². The molecule has 5 heteroatoms. The fourth-order valence-corrected chi connectivity index (χ4v) is 2.40. The molecule has 1 aliphatic rings. The van der Waals surface area contributed by atoms with E-state index in [1.54, 1.807) is 18.2 Å². The van der Waals surface area contributed by atoms with Gasteiger partial charge in [0.05, 0.1) is 22.6 Å². The van der Waals surface area contributed by atoms with Crippen molar-refractivity contribution in [1.29, 1.82) is 5.26 Å². The van der Waals surface area contributed by atoms with Crippen LogP contribution in [-0.4, -0.2) is 23.3 Å². The predicted octanol–water partition coefficient (Wildman–Crippen LogP) is 2.58. The molecule has 1 aromatic rings. The number of fused-ring (bicyclic) bond motifs is 1. The van der Waals surface area contributed by atoms with E-state index in [0.29, 0.717) is 29.8 Å². The molecule has 1 aliphatic heterocycles. The van der Waals surface area contributed by atoms with E-state index in [-0.39, 0.29) is 17.2 Å². The van der Waals surface area contributed by atoms with Crippen LogP contribution in [0, 0.1) is 16.7 Å². The lowest BCUT2D eigenvalue weighted by Gasteiger charge is -2.17. The highest BCUT2D eigenvalue weighted by Gasteiger charge is 2.35. The van der Waals surface area contributed by atoms with Gasteiger partial charge in [-0.05, 0) is 44.9 Å². The molecular weight excluding hydrogens is 266 g/mol. The van der Waals surface area contributed by atoms with Crippen molar-refractivity contribution in [2.24, 2.45) is 5.41 Å². The average Bonchev–Trinajstić information content (AvgIpc) is 2.67. The van der Waals surface area contributed by atoms with E-state index in [9.17, 15) is 9.59 Å². The first-order chi connectivity index (χ1) is 9.85. The molecule has 5 nitrogen and oxygen atoms in total. The zero-order valence-electron chi connectivity index (χ0n) is 12.3. The van der Waals surface area contributed by atoms with Crippen LogP contribution in [-0.2, 0) is 0 Å². The third kappa shape index (κ3) is 3.05. The molecule has 0 fully saturated rings. The third-order valence-corrected chi connectivity index (χ3v) is 3.73. The van der Waals surface area contributed by atoms with Gasteiger partial charge in [0.25, 0.3) is 11.8 Å². The monoisotopic (exact) mass is 285 g/mol. The maximum absolute atomic E-state index is 12.2. The SMILES string of the molecule is CC(C)(C#N)CCCCN1C(=O)c2ccc(N)cc2C1=O. The molecule has 0 radical (unpaired) electrons. The summed E-state index contributed by atoms with van der Waals surface area (Å²) in [5.41, 5.74) is 6.58. The van der Waals surface area contributed by atoms with Gasteiger partial charge in [0, 0.05) is 12.2 Å². The molecule has 0 bridgehead atoms. The number of nitriles is 1. The highest BCUT2D eigenvalue weighted by atomic mass is 16.2. The van der Waals surface area contributed by atoms with Crippen LogP contribution in [0.3, 0.4) is 0 Å². The standard InChI is InChI=1S/C16H19N3O2/c1-16(2,10-17)7-3-4-8-19-14(20)12-6-5-11(18)9-13(12)15(19)21/h5-6,9H,3-4,7-8,18H2,1-2H3. The molecule has 2 amide bonds. The van der Waals surface area contributed by atoms with E-state index >= 15 is 0 Å².